The second kappa shape index (κ2) is 10.3. The molecule has 0 aliphatic rings. The third-order valence-electron chi connectivity index (χ3n) is 4.85. The normalized spacial score (nSPS) is 11.2. The van der Waals surface area contributed by atoms with E-state index in [9.17, 15) is 22.8 Å². The van der Waals surface area contributed by atoms with Gasteiger partial charge in [0, 0.05) is 12.2 Å². The van der Waals surface area contributed by atoms with Crippen molar-refractivity contribution in [1.29, 1.82) is 0 Å². The number of sulfonamides is 1. The number of fused-ring (bicyclic) bond motifs is 1. The Morgan fingerprint density at radius 2 is 1.76 bits per heavy atom. The Morgan fingerprint density at radius 3 is 2.45 bits per heavy atom. The molecule has 3 N–H and O–H groups in total. The van der Waals surface area contributed by atoms with Gasteiger partial charge >= 0.3 is 6.03 Å². The minimum atomic E-state index is -4.05. The lowest BCUT2D eigenvalue weighted by atomic mass is 10.2. The number of amides is 3. The molecule has 10 nitrogen and oxygen atoms in total. The molecule has 0 spiro atoms. The molecule has 0 atom stereocenters. The van der Waals surface area contributed by atoms with Crippen LogP contribution in [-0.4, -0.2) is 36.5 Å². The molecule has 0 saturated heterocycles. The van der Waals surface area contributed by atoms with E-state index in [1.807, 2.05) is 11.6 Å². The predicted octanol–water partition coefficient (Wildman–Crippen LogP) is 2.13. The van der Waals surface area contributed by atoms with E-state index in [1.54, 1.807) is 31.2 Å². The Labute approximate surface area is 191 Å². The number of nitrogens with zero attached hydrogens (tertiary/aromatic N) is 2. The Bertz CT molecular complexity index is 1330. The van der Waals surface area contributed by atoms with Gasteiger partial charge in [-0.3, -0.25) is 14.2 Å². The lowest BCUT2D eigenvalue weighted by molar-refractivity contribution is -0.116. The summed E-state index contributed by atoms with van der Waals surface area (Å²) in [7, 11) is -4.05. The van der Waals surface area contributed by atoms with Crippen LogP contribution in [0.5, 0.6) is 0 Å². The molecule has 0 fully saturated rings. The van der Waals surface area contributed by atoms with E-state index >= 15 is 0 Å². The second-order valence-corrected chi connectivity index (χ2v) is 9.04. The molecule has 3 rings (SSSR count). The number of hydrogen-bond donors (Lipinski definition) is 3. The SMILES string of the molecule is CCCCNC(=O)NS(=O)(=O)c1ccc(NC(=O)Cn2c(C)nc3ccccc3c2=O)cc1. The van der Waals surface area contributed by atoms with Crippen LogP contribution in [0.3, 0.4) is 0 Å². The number of carbonyl (C=O) groups is 2. The number of anilines is 1. The van der Waals surface area contributed by atoms with Crippen LogP contribution in [0.1, 0.15) is 25.6 Å². The zero-order chi connectivity index (χ0) is 24.0. The van der Waals surface area contributed by atoms with Crippen molar-refractivity contribution in [3.05, 3.63) is 64.7 Å². The summed E-state index contributed by atoms with van der Waals surface area (Å²) in [5.41, 5.74) is 0.574. The first kappa shape index (κ1) is 23.9. The molecule has 0 unspecified atom stereocenters. The number of unbranched alkanes of at least 4 members (excludes halogenated alkanes) is 1. The van der Waals surface area contributed by atoms with Gasteiger partial charge in [0.15, 0.2) is 0 Å². The van der Waals surface area contributed by atoms with Crippen molar-refractivity contribution in [2.24, 2.45) is 0 Å². The molecule has 33 heavy (non-hydrogen) atoms. The smallest absolute Gasteiger partial charge is 0.328 e. The fraction of sp³-hybridized carbons (Fsp3) is 0.273. The van der Waals surface area contributed by atoms with E-state index in [0.717, 1.165) is 12.8 Å². The number of carbonyl (C=O) groups excluding carboxylic acids is 2. The summed E-state index contributed by atoms with van der Waals surface area (Å²) in [6.45, 7) is 3.72. The Kier molecular flexibility index (Phi) is 7.44. The molecule has 0 radical (unpaired) electrons. The van der Waals surface area contributed by atoms with E-state index in [4.69, 9.17) is 0 Å². The van der Waals surface area contributed by atoms with Crippen molar-refractivity contribution in [3.8, 4) is 0 Å². The molecule has 0 aliphatic heterocycles. The van der Waals surface area contributed by atoms with Crippen molar-refractivity contribution in [2.75, 3.05) is 11.9 Å². The Hall–Kier alpha value is -3.73. The minimum Gasteiger partial charge on any atom is -0.337 e. The summed E-state index contributed by atoms with van der Waals surface area (Å²) >= 11 is 0. The maximum absolute atomic E-state index is 12.7. The molecular formula is C22H25N5O5S. The minimum absolute atomic E-state index is 0.128. The average Bonchev–Trinajstić information content (AvgIpc) is 2.77. The van der Waals surface area contributed by atoms with Crippen LogP contribution in [0, 0.1) is 6.92 Å². The number of rotatable bonds is 8. The van der Waals surface area contributed by atoms with Crippen LogP contribution in [0.15, 0.2) is 58.2 Å². The van der Waals surface area contributed by atoms with E-state index in [2.05, 4.69) is 15.6 Å². The molecular weight excluding hydrogens is 446 g/mol. The van der Waals surface area contributed by atoms with Crippen molar-refractivity contribution in [2.45, 2.75) is 38.1 Å². The van der Waals surface area contributed by atoms with Gasteiger partial charge in [0.05, 0.1) is 15.8 Å². The Balaban J connectivity index is 1.67. The summed E-state index contributed by atoms with van der Waals surface area (Å²) < 4.78 is 27.9. The summed E-state index contributed by atoms with van der Waals surface area (Å²) in [5.74, 6) is -0.0695. The van der Waals surface area contributed by atoms with Crippen LogP contribution >= 0.6 is 0 Å². The van der Waals surface area contributed by atoms with Crippen molar-refractivity contribution < 1.29 is 18.0 Å². The van der Waals surface area contributed by atoms with Crippen molar-refractivity contribution in [1.82, 2.24) is 19.6 Å². The maximum Gasteiger partial charge on any atom is 0.328 e. The fourth-order valence-corrected chi connectivity index (χ4v) is 4.05. The van der Waals surface area contributed by atoms with Gasteiger partial charge in [0.25, 0.3) is 15.6 Å². The van der Waals surface area contributed by atoms with Gasteiger partial charge in [-0.15, -0.1) is 0 Å². The molecule has 3 aromatic rings. The fourth-order valence-electron chi connectivity index (χ4n) is 3.12. The number of hydrogen-bond acceptors (Lipinski definition) is 6. The first-order valence-electron chi connectivity index (χ1n) is 10.4. The molecule has 0 bridgehead atoms. The van der Waals surface area contributed by atoms with Gasteiger partial charge in [0.2, 0.25) is 5.91 Å². The molecule has 1 aromatic heterocycles. The maximum atomic E-state index is 12.7. The van der Waals surface area contributed by atoms with E-state index < -0.39 is 22.0 Å². The van der Waals surface area contributed by atoms with E-state index in [0.29, 0.717) is 29.0 Å². The zero-order valence-corrected chi connectivity index (χ0v) is 19.1. The number of para-hydroxylation sites is 1. The largest absolute Gasteiger partial charge is 0.337 e. The molecule has 1 heterocycles. The molecule has 2 aromatic carbocycles. The summed E-state index contributed by atoms with van der Waals surface area (Å²) in [5, 5.41) is 5.51. The van der Waals surface area contributed by atoms with Gasteiger partial charge in [-0.25, -0.2) is 22.9 Å². The van der Waals surface area contributed by atoms with Crippen LogP contribution < -0.4 is 20.9 Å². The third-order valence-corrected chi connectivity index (χ3v) is 6.19. The van der Waals surface area contributed by atoms with Crippen molar-refractivity contribution >= 4 is 38.6 Å². The van der Waals surface area contributed by atoms with Gasteiger partial charge in [-0.05, 0) is 49.7 Å². The summed E-state index contributed by atoms with van der Waals surface area (Å²) in [4.78, 5) is 41.2. The van der Waals surface area contributed by atoms with Gasteiger partial charge in [-0.1, -0.05) is 25.5 Å². The molecule has 0 saturated carbocycles. The zero-order valence-electron chi connectivity index (χ0n) is 18.3. The van der Waals surface area contributed by atoms with E-state index in [-0.39, 0.29) is 17.0 Å². The third kappa shape index (κ3) is 5.95. The number of nitrogens with one attached hydrogen (secondary N) is 3. The highest BCUT2D eigenvalue weighted by molar-refractivity contribution is 7.90. The highest BCUT2D eigenvalue weighted by Crippen LogP contribution is 2.14. The van der Waals surface area contributed by atoms with Gasteiger partial charge in [0.1, 0.15) is 12.4 Å². The standard InChI is InChI=1S/C22H25N5O5S/c1-3-4-13-23-22(30)26-33(31,32)17-11-9-16(10-12-17)25-20(28)14-27-15(2)24-19-8-6-5-7-18(19)21(27)29/h5-12H,3-4,13-14H2,1-2H3,(H,25,28)(H2,23,26,30). The van der Waals surface area contributed by atoms with Crippen LogP contribution in [0.2, 0.25) is 0 Å². The second-order valence-electron chi connectivity index (χ2n) is 7.35. The highest BCUT2D eigenvalue weighted by Gasteiger charge is 2.18. The lowest BCUT2D eigenvalue weighted by Crippen LogP contribution is -2.39. The van der Waals surface area contributed by atoms with Crippen LogP contribution in [0.25, 0.3) is 10.9 Å². The van der Waals surface area contributed by atoms with Crippen molar-refractivity contribution in [3.63, 3.8) is 0 Å². The van der Waals surface area contributed by atoms with E-state index in [1.165, 1.54) is 28.8 Å². The Morgan fingerprint density at radius 1 is 1.06 bits per heavy atom. The lowest BCUT2D eigenvalue weighted by Gasteiger charge is -2.12. The highest BCUT2D eigenvalue weighted by atomic mass is 32.2. The van der Waals surface area contributed by atoms with Gasteiger partial charge in [-0.2, -0.15) is 0 Å². The molecule has 0 aliphatic carbocycles. The molecule has 11 heteroatoms. The predicted molar refractivity (Wildman–Crippen MR) is 124 cm³/mol. The van der Waals surface area contributed by atoms with Crippen LogP contribution in [-0.2, 0) is 21.4 Å². The number of urea groups is 1. The summed E-state index contributed by atoms with van der Waals surface area (Å²) in [6.07, 6.45) is 1.61. The molecule has 3 amide bonds. The average molecular weight is 472 g/mol. The number of benzene rings is 2. The quantitative estimate of drug-likeness (QED) is 0.430. The first-order chi connectivity index (χ1) is 15.7. The van der Waals surface area contributed by atoms with Gasteiger partial charge < -0.3 is 10.6 Å². The number of aryl methyl sites for hydroxylation is 1. The first-order valence-corrected chi connectivity index (χ1v) is 11.9. The van der Waals surface area contributed by atoms with Crippen LogP contribution in [0.4, 0.5) is 10.5 Å². The molecule has 174 valence electrons. The monoisotopic (exact) mass is 471 g/mol. The number of aromatic nitrogens is 2. The summed E-state index contributed by atoms with van der Waals surface area (Å²) in [6, 6.07) is 11.4. The topological polar surface area (TPSA) is 139 Å².